The van der Waals surface area contributed by atoms with Crippen LogP contribution in [0.4, 0.5) is 4.39 Å². The van der Waals surface area contributed by atoms with Crippen LogP contribution in [0.15, 0.2) is 28.5 Å². The van der Waals surface area contributed by atoms with Crippen molar-refractivity contribution >= 4 is 21.3 Å². The first-order chi connectivity index (χ1) is 13.2. The van der Waals surface area contributed by atoms with Gasteiger partial charge in [0.1, 0.15) is 6.17 Å². The van der Waals surface area contributed by atoms with E-state index in [0.29, 0.717) is 24.3 Å². The highest BCUT2D eigenvalue weighted by atomic mass is 32.2. The molecule has 5 unspecified atom stereocenters. The number of nitrogens with one attached hydrogen (secondary N) is 1. The molecule has 2 aliphatic heterocycles. The van der Waals surface area contributed by atoms with Gasteiger partial charge in [-0.15, -0.1) is 0 Å². The lowest BCUT2D eigenvalue weighted by Gasteiger charge is -2.46. The number of carbonyl (C=O) groups excluding carboxylic acids is 1. The summed E-state index contributed by atoms with van der Waals surface area (Å²) in [5.41, 5.74) is 2.64. The summed E-state index contributed by atoms with van der Waals surface area (Å²) >= 11 is 0. The van der Waals surface area contributed by atoms with Crippen LogP contribution in [0, 0.1) is 5.92 Å². The lowest BCUT2D eigenvalue weighted by molar-refractivity contribution is -0.129. The first-order valence-corrected chi connectivity index (χ1v) is 11.1. The number of carbonyl (C=O) groups is 1. The SMILES string of the molecule is CC(F)C(CO)NC(=O)C1CC2c3cccc4c3C(=CS4(=O)=O)CC2N(C)C1. The molecule has 1 aromatic rings. The smallest absolute Gasteiger partial charge is 0.224 e. The lowest BCUT2D eigenvalue weighted by atomic mass is 9.70. The van der Waals surface area contributed by atoms with Gasteiger partial charge in [-0.05, 0) is 44.0 Å². The Hall–Kier alpha value is -1.77. The average Bonchev–Trinajstić information content (AvgIpc) is 2.91. The van der Waals surface area contributed by atoms with Gasteiger partial charge in [-0.1, -0.05) is 12.1 Å². The third-order valence-corrected chi connectivity index (χ3v) is 7.89. The molecular weight excluding hydrogens is 383 g/mol. The normalized spacial score (nSPS) is 30.0. The number of hydrogen-bond donors (Lipinski definition) is 2. The maximum atomic E-state index is 13.6. The minimum absolute atomic E-state index is 0.0327. The van der Waals surface area contributed by atoms with Crippen molar-refractivity contribution in [1.82, 2.24) is 10.2 Å². The van der Waals surface area contributed by atoms with Crippen LogP contribution in [0.3, 0.4) is 0 Å². The van der Waals surface area contributed by atoms with E-state index < -0.39 is 28.7 Å². The molecule has 152 valence electrons. The third kappa shape index (κ3) is 3.07. The van der Waals surface area contributed by atoms with Crippen LogP contribution in [0.25, 0.3) is 5.57 Å². The minimum Gasteiger partial charge on any atom is -0.394 e. The van der Waals surface area contributed by atoms with Crippen molar-refractivity contribution in [1.29, 1.82) is 0 Å². The Morgan fingerprint density at radius 3 is 2.86 bits per heavy atom. The molecule has 3 aliphatic rings. The van der Waals surface area contributed by atoms with E-state index in [-0.39, 0.29) is 23.8 Å². The van der Waals surface area contributed by atoms with E-state index in [1.165, 1.54) is 12.3 Å². The van der Waals surface area contributed by atoms with E-state index in [1.54, 1.807) is 12.1 Å². The van der Waals surface area contributed by atoms with Crippen LogP contribution in [0.1, 0.15) is 36.8 Å². The van der Waals surface area contributed by atoms with Gasteiger partial charge >= 0.3 is 0 Å². The van der Waals surface area contributed by atoms with Gasteiger partial charge in [-0.25, -0.2) is 12.8 Å². The zero-order valence-corrected chi connectivity index (χ0v) is 16.7. The monoisotopic (exact) mass is 408 g/mol. The maximum absolute atomic E-state index is 13.6. The standard InChI is InChI=1S/C20H25FN2O4S/c1-11(21)16(9-24)22-20(25)12-6-15-14-4-3-5-18-19(14)13(10-28(18,26)27)7-17(15)23(2)8-12/h3-5,10-12,15-17,24H,6-9H2,1-2H3,(H,22,25). The average molecular weight is 408 g/mol. The van der Waals surface area contributed by atoms with Crippen LogP contribution in [0.2, 0.25) is 0 Å². The Morgan fingerprint density at radius 2 is 2.18 bits per heavy atom. The number of aliphatic hydroxyl groups excluding tert-OH is 1. The number of benzene rings is 1. The number of hydrogen-bond acceptors (Lipinski definition) is 5. The Labute approximate surface area is 164 Å². The van der Waals surface area contributed by atoms with Gasteiger partial charge in [0.25, 0.3) is 0 Å². The Kier molecular flexibility index (Phi) is 4.84. The van der Waals surface area contributed by atoms with Gasteiger partial charge in [0.2, 0.25) is 15.7 Å². The van der Waals surface area contributed by atoms with Gasteiger partial charge in [0.05, 0.1) is 23.5 Å². The second kappa shape index (κ2) is 6.93. The van der Waals surface area contributed by atoms with Crippen LogP contribution in [-0.2, 0) is 14.6 Å². The molecule has 0 aromatic heterocycles. The lowest BCUT2D eigenvalue weighted by Crippen LogP contribution is -2.53. The number of aliphatic hydroxyl groups is 1. The molecule has 0 spiro atoms. The second-order valence-electron chi connectivity index (χ2n) is 8.13. The van der Waals surface area contributed by atoms with Crippen molar-refractivity contribution in [3.63, 3.8) is 0 Å². The van der Waals surface area contributed by atoms with E-state index in [0.717, 1.165) is 16.7 Å². The molecule has 5 atom stereocenters. The number of rotatable bonds is 4. The highest BCUT2D eigenvalue weighted by Gasteiger charge is 2.45. The Morgan fingerprint density at radius 1 is 1.43 bits per heavy atom. The molecule has 0 bridgehead atoms. The van der Waals surface area contributed by atoms with Crippen molar-refractivity contribution in [3.05, 3.63) is 34.7 Å². The van der Waals surface area contributed by atoms with Crippen molar-refractivity contribution in [3.8, 4) is 0 Å². The van der Waals surface area contributed by atoms with Crippen molar-refractivity contribution in [2.45, 2.75) is 48.8 Å². The number of nitrogens with zero attached hydrogens (tertiary/aromatic N) is 1. The van der Waals surface area contributed by atoms with Crippen LogP contribution >= 0.6 is 0 Å². The summed E-state index contributed by atoms with van der Waals surface area (Å²) in [6.45, 7) is 1.38. The van der Waals surface area contributed by atoms with Crippen molar-refractivity contribution < 1.29 is 22.7 Å². The molecule has 4 rings (SSSR count). The summed E-state index contributed by atoms with van der Waals surface area (Å²) in [6, 6.07) is 4.57. The van der Waals surface area contributed by atoms with Crippen LogP contribution in [0.5, 0.6) is 0 Å². The number of likely N-dealkylation sites (tertiary alicyclic amines) is 1. The number of alkyl halides is 1. The van der Waals surface area contributed by atoms with E-state index in [4.69, 9.17) is 0 Å². The van der Waals surface area contributed by atoms with E-state index in [9.17, 15) is 22.7 Å². The number of piperidine rings is 1. The third-order valence-electron chi connectivity index (χ3n) is 6.34. The summed E-state index contributed by atoms with van der Waals surface area (Å²) in [5.74, 6) is -0.584. The topological polar surface area (TPSA) is 86.7 Å². The number of likely N-dealkylation sites (N-methyl/N-ethyl adjacent to an activating group) is 1. The van der Waals surface area contributed by atoms with Gasteiger partial charge in [-0.2, -0.15) is 0 Å². The molecule has 0 saturated carbocycles. The zero-order chi connectivity index (χ0) is 20.2. The molecule has 1 fully saturated rings. The first kappa shape index (κ1) is 19.5. The fourth-order valence-corrected chi connectivity index (χ4v) is 6.40. The van der Waals surface area contributed by atoms with E-state index >= 15 is 0 Å². The summed E-state index contributed by atoms with van der Waals surface area (Å²) in [7, 11) is -1.46. The number of amides is 1. The summed E-state index contributed by atoms with van der Waals surface area (Å²) in [5, 5.41) is 13.3. The van der Waals surface area contributed by atoms with Gasteiger partial charge in [0, 0.05) is 29.5 Å². The number of fused-ring (bicyclic) bond motifs is 2. The van der Waals surface area contributed by atoms with Crippen molar-refractivity contribution in [2.75, 3.05) is 20.2 Å². The summed E-state index contributed by atoms with van der Waals surface area (Å²) in [6.07, 6.45) is -0.129. The molecule has 0 radical (unpaired) electrons. The quantitative estimate of drug-likeness (QED) is 0.788. The van der Waals surface area contributed by atoms with Gasteiger partial charge < -0.3 is 15.3 Å². The summed E-state index contributed by atoms with van der Waals surface area (Å²) in [4.78, 5) is 15.2. The van der Waals surface area contributed by atoms with E-state index in [1.807, 2.05) is 13.1 Å². The van der Waals surface area contributed by atoms with Gasteiger partial charge in [0.15, 0.2) is 0 Å². The molecule has 8 heteroatoms. The fraction of sp³-hybridized carbons (Fsp3) is 0.550. The first-order valence-electron chi connectivity index (χ1n) is 9.57. The largest absolute Gasteiger partial charge is 0.394 e. The predicted molar refractivity (Wildman–Crippen MR) is 103 cm³/mol. The number of halogens is 1. The number of sulfone groups is 1. The molecule has 28 heavy (non-hydrogen) atoms. The Bertz CT molecular complexity index is 944. The molecule has 6 nitrogen and oxygen atoms in total. The molecule has 1 saturated heterocycles. The molecule has 1 aromatic carbocycles. The molecule has 1 aliphatic carbocycles. The van der Waals surface area contributed by atoms with Crippen molar-refractivity contribution in [2.24, 2.45) is 5.92 Å². The second-order valence-corrected chi connectivity index (χ2v) is 9.90. The van der Waals surface area contributed by atoms with Gasteiger partial charge in [-0.3, -0.25) is 4.79 Å². The predicted octanol–water partition coefficient (Wildman–Crippen LogP) is 1.46. The Balaban J connectivity index is 1.64. The summed E-state index contributed by atoms with van der Waals surface area (Å²) < 4.78 is 38.5. The fourth-order valence-electron chi connectivity index (χ4n) is 4.88. The molecule has 2 heterocycles. The highest BCUT2D eigenvalue weighted by Crippen LogP contribution is 2.50. The maximum Gasteiger partial charge on any atom is 0.224 e. The van der Waals surface area contributed by atoms with Crippen LogP contribution < -0.4 is 5.32 Å². The molecule has 1 amide bonds. The highest BCUT2D eigenvalue weighted by molar-refractivity contribution is 7.95. The molecule has 2 N–H and O–H groups in total. The zero-order valence-electron chi connectivity index (χ0n) is 15.9. The minimum atomic E-state index is -3.40. The van der Waals surface area contributed by atoms with Crippen LogP contribution in [-0.4, -0.2) is 62.8 Å². The van der Waals surface area contributed by atoms with E-state index in [2.05, 4.69) is 10.2 Å². The molecular formula is C20H25FN2O4S.